The highest BCUT2D eigenvalue weighted by atomic mass is 35.5. The first kappa shape index (κ1) is 19.7. The molecule has 4 rings (SSSR count). The highest BCUT2D eigenvalue weighted by Gasteiger charge is 2.40. The third-order valence-corrected chi connectivity index (χ3v) is 5.69. The Labute approximate surface area is 177 Å². The summed E-state index contributed by atoms with van der Waals surface area (Å²) in [6.45, 7) is 0. The number of carbonyl (C=O) groups is 1. The van der Waals surface area contributed by atoms with Gasteiger partial charge in [-0.3, -0.25) is 19.8 Å². The zero-order valence-electron chi connectivity index (χ0n) is 15.8. The van der Waals surface area contributed by atoms with Crippen LogP contribution < -0.4 is 10.6 Å². The summed E-state index contributed by atoms with van der Waals surface area (Å²) in [5.41, 5.74) is 9.27. The lowest BCUT2D eigenvalue weighted by atomic mass is 9.75. The van der Waals surface area contributed by atoms with Crippen molar-refractivity contribution in [1.29, 1.82) is 5.26 Å². The van der Waals surface area contributed by atoms with Gasteiger partial charge in [0.15, 0.2) is 5.78 Å². The Hall–Kier alpha value is -3.63. The summed E-state index contributed by atoms with van der Waals surface area (Å²) < 4.78 is 0. The predicted molar refractivity (Wildman–Crippen MR) is 112 cm³/mol. The molecule has 2 aliphatic rings. The van der Waals surface area contributed by atoms with Crippen LogP contribution in [0.15, 0.2) is 71.2 Å². The van der Waals surface area contributed by atoms with Crippen LogP contribution in [0.1, 0.15) is 30.7 Å². The average Bonchev–Trinajstić information content (AvgIpc) is 2.74. The number of nitrogens with two attached hydrogens (primary N) is 1. The molecule has 8 heteroatoms. The first-order valence-corrected chi connectivity index (χ1v) is 9.76. The molecule has 0 aromatic heterocycles. The maximum absolute atomic E-state index is 13.0. The fourth-order valence-corrected chi connectivity index (χ4v) is 4.22. The van der Waals surface area contributed by atoms with Crippen molar-refractivity contribution in [3.8, 4) is 6.07 Å². The maximum Gasteiger partial charge on any atom is 0.269 e. The van der Waals surface area contributed by atoms with Crippen LogP contribution in [0.25, 0.3) is 0 Å². The van der Waals surface area contributed by atoms with Crippen LogP contribution in [-0.4, -0.2) is 10.7 Å². The van der Waals surface area contributed by atoms with Gasteiger partial charge in [-0.1, -0.05) is 23.7 Å². The molecule has 30 heavy (non-hydrogen) atoms. The van der Waals surface area contributed by atoms with E-state index in [1.54, 1.807) is 41.3 Å². The van der Waals surface area contributed by atoms with Gasteiger partial charge in [0.05, 0.1) is 22.5 Å². The number of ketones is 1. The van der Waals surface area contributed by atoms with Gasteiger partial charge < -0.3 is 5.73 Å². The second-order valence-electron chi connectivity index (χ2n) is 7.14. The van der Waals surface area contributed by atoms with Crippen molar-refractivity contribution in [1.82, 2.24) is 0 Å². The van der Waals surface area contributed by atoms with Gasteiger partial charge in [0.25, 0.3) is 5.69 Å². The van der Waals surface area contributed by atoms with Crippen LogP contribution in [0.4, 0.5) is 11.4 Å². The molecule has 0 bridgehead atoms. The summed E-state index contributed by atoms with van der Waals surface area (Å²) >= 11 is 6.01. The molecular formula is C22H17ClN4O3. The lowest BCUT2D eigenvalue weighted by Gasteiger charge is -2.39. The Kier molecular flexibility index (Phi) is 5.02. The van der Waals surface area contributed by atoms with E-state index in [2.05, 4.69) is 6.07 Å². The maximum atomic E-state index is 13.0. The molecule has 0 saturated heterocycles. The van der Waals surface area contributed by atoms with Crippen molar-refractivity contribution in [2.75, 3.05) is 4.90 Å². The Morgan fingerprint density at radius 2 is 1.80 bits per heavy atom. The molecule has 7 nitrogen and oxygen atoms in total. The molecule has 0 saturated carbocycles. The number of nitro groups is 1. The van der Waals surface area contributed by atoms with E-state index < -0.39 is 10.8 Å². The number of hydrogen-bond acceptors (Lipinski definition) is 6. The Morgan fingerprint density at radius 1 is 1.13 bits per heavy atom. The molecule has 0 spiro atoms. The van der Waals surface area contributed by atoms with Gasteiger partial charge in [-0.05, 0) is 42.7 Å². The zero-order chi connectivity index (χ0) is 21.4. The van der Waals surface area contributed by atoms with E-state index in [1.807, 2.05) is 0 Å². The van der Waals surface area contributed by atoms with Crippen LogP contribution in [0, 0.1) is 21.4 Å². The number of allylic oxidation sites excluding steroid dienone is 3. The molecule has 0 amide bonds. The van der Waals surface area contributed by atoms with Crippen molar-refractivity contribution in [2.24, 2.45) is 5.73 Å². The number of nitro benzene ring substituents is 1. The highest BCUT2D eigenvalue weighted by Crippen LogP contribution is 2.46. The molecule has 1 atom stereocenters. The second-order valence-corrected chi connectivity index (χ2v) is 7.58. The van der Waals surface area contributed by atoms with Gasteiger partial charge in [-0.25, -0.2) is 0 Å². The third kappa shape index (κ3) is 3.21. The number of Topliss-reactive ketones (excluding diaryl/α,β-unsaturated/α-hetero) is 1. The van der Waals surface area contributed by atoms with Gasteiger partial charge in [0.1, 0.15) is 5.82 Å². The molecule has 2 aromatic carbocycles. The first-order chi connectivity index (χ1) is 14.4. The van der Waals surface area contributed by atoms with Crippen molar-refractivity contribution in [3.63, 3.8) is 0 Å². The molecule has 2 N–H and O–H groups in total. The Balaban J connectivity index is 1.92. The standard InChI is InChI=1S/C22H17ClN4O3/c23-14-6-10-15(11-7-14)26-18-2-1-3-19(28)21(18)20(17(12-24)22(26)25)13-4-8-16(9-5-13)27(29)30/h4-11,20H,1-3,25H2/t20-/m1/s1. The molecule has 0 unspecified atom stereocenters. The molecule has 0 fully saturated rings. The van der Waals surface area contributed by atoms with Crippen molar-refractivity contribution < 1.29 is 9.72 Å². The number of nitriles is 1. The van der Waals surface area contributed by atoms with Crippen molar-refractivity contribution in [3.05, 3.63) is 91.9 Å². The lowest BCUT2D eigenvalue weighted by Crippen LogP contribution is -2.38. The van der Waals surface area contributed by atoms with Crippen LogP contribution in [0.2, 0.25) is 5.02 Å². The monoisotopic (exact) mass is 420 g/mol. The molecule has 0 radical (unpaired) electrons. The van der Waals surface area contributed by atoms with Crippen LogP contribution in [0.5, 0.6) is 0 Å². The number of halogens is 1. The van der Waals surface area contributed by atoms with Crippen molar-refractivity contribution in [2.45, 2.75) is 25.2 Å². The number of non-ortho nitro benzene ring substituents is 1. The summed E-state index contributed by atoms with van der Waals surface area (Å²) in [7, 11) is 0. The van der Waals surface area contributed by atoms with Gasteiger partial charge in [-0.15, -0.1) is 0 Å². The van der Waals surface area contributed by atoms with E-state index >= 15 is 0 Å². The van der Waals surface area contributed by atoms with Crippen molar-refractivity contribution >= 4 is 28.8 Å². The predicted octanol–water partition coefficient (Wildman–Crippen LogP) is 4.55. The van der Waals surface area contributed by atoms with E-state index in [0.717, 1.165) is 5.70 Å². The first-order valence-electron chi connectivity index (χ1n) is 9.38. The fourth-order valence-electron chi connectivity index (χ4n) is 4.09. The summed E-state index contributed by atoms with van der Waals surface area (Å²) in [6, 6.07) is 15.1. The summed E-state index contributed by atoms with van der Waals surface area (Å²) in [6.07, 6.45) is 1.70. The van der Waals surface area contributed by atoms with E-state index in [-0.39, 0.29) is 22.9 Å². The fraction of sp³-hybridized carbons (Fsp3) is 0.182. The molecule has 1 aliphatic heterocycles. The molecule has 1 heterocycles. The van der Waals surface area contributed by atoms with Gasteiger partial charge in [-0.2, -0.15) is 5.26 Å². The van der Waals surface area contributed by atoms with Gasteiger partial charge in [0, 0.05) is 40.5 Å². The molecule has 150 valence electrons. The SMILES string of the molecule is N#CC1=C(N)N(c2ccc(Cl)cc2)C2=C(C(=O)CCC2)[C@@H]1c1ccc([N+](=O)[O-])cc1. The third-order valence-electron chi connectivity index (χ3n) is 5.44. The Bertz CT molecular complexity index is 1140. The van der Waals surface area contributed by atoms with E-state index in [1.165, 1.54) is 12.1 Å². The van der Waals surface area contributed by atoms with E-state index in [0.29, 0.717) is 41.1 Å². The number of anilines is 1. The highest BCUT2D eigenvalue weighted by molar-refractivity contribution is 6.30. The minimum atomic E-state index is -0.651. The normalized spacial score (nSPS) is 18.9. The Morgan fingerprint density at radius 3 is 2.40 bits per heavy atom. The summed E-state index contributed by atoms with van der Waals surface area (Å²) in [5.74, 6) is -0.447. The quantitative estimate of drug-likeness (QED) is 0.575. The largest absolute Gasteiger partial charge is 0.384 e. The number of carbonyl (C=O) groups excluding carboxylic acids is 1. The minimum Gasteiger partial charge on any atom is -0.384 e. The minimum absolute atomic E-state index is 0.0428. The molecule has 1 aliphatic carbocycles. The zero-order valence-corrected chi connectivity index (χ0v) is 16.6. The van der Waals surface area contributed by atoms with Crippen LogP contribution in [0.3, 0.4) is 0 Å². The van der Waals surface area contributed by atoms with Crippen LogP contribution >= 0.6 is 11.6 Å². The number of benzene rings is 2. The average molecular weight is 421 g/mol. The molecule has 2 aromatic rings. The lowest BCUT2D eigenvalue weighted by molar-refractivity contribution is -0.384. The smallest absolute Gasteiger partial charge is 0.269 e. The number of rotatable bonds is 3. The summed E-state index contributed by atoms with van der Waals surface area (Å²) in [4.78, 5) is 25.3. The van der Waals surface area contributed by atoms with E-state index in [4.69, 9.17) is 17.3 Å². The second kappa shape index (κ2) is 7.65. The summed E-state index contributed by atoms with van der Waals surface area (Å²) in [5, 5.41) is 21.5. The van der Waals surface area contributed by atoms with E-state index in [9.17, 15) is 20.2 Å². The number of hydrogen-bond donors (Lipinski definition) is 1. The van der Waals surface area contributed by atoms with Crippen LogP contribution in [-0.2, 0) is 4.79 Å². The molecular weight excluding hydrogens is 404 g/mol. The van der Waals surface area contributed by atoms with Gasteiger partial charge >= 0.3 is 0 Å². The topological polar surface area (TPSA) is 113 Å². The van der Waals surface area contributed by atoms with Gasteiger partial charge in [0.2, 0.25) is 0 Å². The number of nitrogens with zero attached hydrogens (tertiary/aromatic N) is 3.